The molecule has 0 aliphatic rings. The molecule has 2 nitrogen and oxygen atoms in total. The molecule has 0 saturated heterocycles. The quantitative estimate of drug-likeness (QED) is 0.896. The molecular formula is C11H14BrFO2. The van der Waals surface area contributed by atoms with E-state index in [2.05, 4.69) is 15.9 Å². The van der Waals surface area contributed by atoms with Crippen LogP contribution in [0.1, 0.15) is 12.5 Å². The molecule has 1 atom stereocenters. The van der Waals surface area contributed by atoms with Crippen molar-refractivity contribution in [2.24, 2.45) is 0 Å². The number of rotatable bonds is 5. The van der Waals surface area contributed by atoms with Crippen molar-refractivity contribution in [1.29, 1.82) is 0 Å². The van der Waals surface area contributed by atoms with Gasteiger partial charge in [-0.1, -0.05) is 6.07 Å². The third kappa shape index (κ3) is 4.28. The summed E-state index contributed by atoms with van der Waals surface area (Å²) in [6.45, 7) is 2.77. The highest BCUT2D eigenvalue weighted by atomic mass is 79.9. The first kappa shape index (κ1) is 12.6. The predicted octanol–water partition coefficient (Wildman–Crippen LogP) is 2.53. The smallest absolute Gasteiger partial charge is 0.137 e. The van der Waals surface area contributed by atoms with E-state index >= 15 is 0 Å². The Kier molecular flexibility index (Phi) is 5.22. The van der Waals surface area contributed by atoms with Crippen LogP contribution in [0.4, 0.5) is 4.39 Å². The highest BCUT2D eigenvalue weighted by Crippen LogP contribution is 2.17. The van der Waals surface area contributed by atoms with Crippen LogP contribution in [0.5, 0.6) is 0 Å². The Labute approximate surface area is 97.2 Å². The van der Waals surface area contributed by atoms with Gasteiger partial charge in [-0.2, -0.15) is 0 Å². The van der Waals surface area contributed by atoms with Crippen LogP contribution in [-0.2, 0) is 11.2 Å². The average Bonchev–Trinajstić information content (AvgIpc) is 2.20. The number of benzene rings is 1. The first-order valence-electron chi connectivity index (χ1n) is 4.83. The molecule has 0 aromatic heterocycles. The molecule has 1 aromatic carbocycles. The Morgan fingerprint density at radius 2 is 2.27 bits per heavy atom. The summed E-state index contributed by atoms with van der Waals surface area (Å²) in [6.07, 6.45) is -0.0684. The van der Waals surface area contributed by atoms with E-state index in [0.717, 1.165) is 5.56 Å². The van der Waals surface area contributed by atoms with Gasteiger partial charge in [0.15, 0.2) is 0 Å². The van der Waals surface area contributed by atoms with Gasteiger partial charge in [-0.25, -0.2) is 4.39 Å². The fraction of sp³-hybridized carbons (Fsp3) is 0.455. The number of aliphatic hydroxyl groups is 1. The van der Waals surface area contributed by atoms with Crippen molar-refractivity contribution < 1.29 is 14.2 Å². The Balaban J connectivity index is 2.53. The summed E-state index contributed by atoms with van der Waals surface area (Å²) in [7, 11) is 0. The molecule has 0 bridgehead atoms. The molecule has 0 spiro atoms. The second kappa shape index (κ2) is 6.20. The number of hydrogen-bond acceptors (Lipinski definition) is 2. The Morgan fingerprint density at radius 3 is 2.87 bits per heavy atom. The molecule has 0 saturated carbocycles. The van der Waals surface area contributed by atoms with Crippen molar-refractivity contribution in [3.05, 3.63) is 34.1 Å². The summed E-state index contributed by atoms with van der Waals surface area (Å²) in [5, 5.41) is 9.56. The minimum atomic E-state index is -0.540. The van der Waals surface area contributed by atoms with Crippen LogP contribution < -0.4 is 0 Å². The van der Waals surface area contributed by atoms with Crippen molar-refractivity contribution in [2.45, 2.75) is 19.4 Å². The molecule has 1 aromatic rings. The molecule has 1 unspecified atom stereocenters. The van der Waals surface area contributed by atoms with Crippen molar-refractivity contribution in [3.63, 3.8) is 0 Å². The van der Waals surface area contributed by atoms with Crippen LogP contribution in [0.2, 0.25) is 0 Å². The van der Waals surface area contributed by atoms with Gasteiger partial charge in [0.05, 0.1) is 17.2 Å². The molecule has 84 valence electrons. The summed E-state index contributed by atoms with van der Waals surface area (Å²) in [5.74, 6) is -0.293. The Hall–Kier alpha value is -0.450. The summed E-state index contributed by atoms with van der Waals surface area (Å²) in [5.41, 5.74) is 0.885. The SMILES string of the molecule is CCOCC(O)Cc1ccc(F)c(Br)c1. The number of halogens is 2. The standard InChI is InChI=1S/C11H14BrFO2/c1-2-15-7-9(14)5-8-3-4-11(13)10(12)6-8/h3-4,6,9,14H,2,5,7H2,1H3. The first-order valence-corrected chi connectivity index (χ1v) is 5.62. The maximum absolute atomic E-state index is 12.9. The Bertz CT molecular complexity index is 317. The van der Waals surface area contributed by atoms with E-state index in [0.29, 0.717) is 24.1 Å². The molecule has 0 fully saturated rings. The molecule has 0 aliphatic carbocycles. The van der Waals surface area contributed by atoms with Gasteiger partial charge in [-0.15, -0.1) is 0 Å². The second-order valence-electron chi connectivity index (χ2n) is 3.27. The van der Waals surface area contributed by atoms with Crippen molar-refractivity contribution >= 4 is 15.9 Å². The van der Waals surface area contributed by atoms with Crippen molar-refractivity contribution in [2.75, 3.05) is 13.2 Å². The third-order valence-electron chi connectivity index (χ3n) is 1.97. The zero-order valence-electron chi connectivity index (χ0n) is 8.54. The van der Waals surface area contributed by atoms with Gasteiger partial charge in [-0.05, 0) is 40.5 Å². The van der Waals surface area contributed by atoms with Crippen LogP contribution in [-0.4, -0.2) is 24.4 Å². The normalized spacial score (nSPS) is 12.8. The van der Waals surface area contributed by atoms with E-state index in [1.165, 1.54) is 6.07 Å². The van der Waals surface area contributed by atoms with E-state index in [4.69, 9.17) is 4.74 Å². The number of aliphatic hydroxyl groups excluding tert-OH is 1. The molecular weight excluding hydrogens is 263 g/mol. The molecule has 0 aliphatic heterocycles. The highest BCUT2D eigenvalue weighted by Gasteiger charge is 2.07. The minimum Gasteiger partial charge on any atom is -0.390 e. The summed E-state index contributed by atoms with van der Waals surface area (Å²) in [6, 6.07) is 4.71. The minimum absolute atomic E-state index is 0.293. The molecule has 1 rings (SSSR count). The lowest BCUT2D eigenvalue weighted by Gasteiger charge is -2.10. The van der Waals surface area contributed by atoms with E-state index in [-0.39, 0.29) is 5.82 Å². The largest absolute Gasteiger partial charge is 0.390 e. The van der Waals surface area contributed by atoms with Crippen LogP contribution in [0.3, 0.4) is 0 Å². The number of ether oxygens (including phenoxy) is 1. The lowest BCUT2D eigenvalue weighted by molar-refractivity contribution is 0.0430. The fourth-order valence-electron chi connectivity index (χ4n) is 1.25. The maximum Gasteiger partial charge on any atom is 0.137 e. The van der Waals surface area contributed by atoms with Crippen molar-refractivity contribution in [3.8, 4) is 0 Å². The Morgan fingerprint density at radius 1 is 1.53 bits per heavy atom. The molecule has 0 heterocycles. The van der Waals surface area contributed by atoms with Crippen LogP contribution >= 0.6 is 15.9 Å². The second-order valence-corrected chi connectivity index (χ2v) is 4.12. The fourth-order valence-corrected chi connectivity index (χ4v) is 1.68. The van der Waals surface area contributed by atoms with Gasteiger partial charge in [0.1, 0.15) is 5.82 Å². The van der Waals surface area contributed by atoms with Gasteiger partial charge < -0.3 is 9.84 Å². The summed E-state index contributed by atoms with van der Waals surface area (Å²) in [4.78, 5) is 0. The lowest BCUT2D eigenvalue weighted by atomic mass is 10.1. The molecule has 0 amide bonds. The topological polar surface area (TPSA) is 29.5 Å². The molecule has 15 heavy (non-hydrogen) atoms. The van der Waals surface area contributed by atoms with Crippen LogP contribution in [0.25, 0.3) is 0 Å². The molecule has 4 heteroatoms. The van der Waals surface area contributed by atoms with Gasteiger partial charge in [0, 0.05) is 13.0 Å². The summed E-state index contributed by atoms with van der Waals surface area (Å²) < 4.78 is 18.4. The summed E-state index contributed by atoms with van der Waals surface area (Å²) >= 11 is 3.10. The van der Waals surface area contributed by atoms with E-state index < -0.39 is 6.10 Å². The van der Waals surface area contributed by atoms with Gasteiger partial charge in [0.2, 0.25) is 0 Å². The van der Waals surface area contributed by atoms with Crippen LogP contribution in [0, 0.1) is 5.82 Å². The van der Waals surface area contributed by atoms with Crippen LogP contribution in [0.15, 0.2) is 22.7 Å². The van der Waals surface area contributed by atoms with E-state index in [1.807, 2.05) is 6.92 Å². The van der Waals surface area contributed by atoms with E-state index in [1.54, 1.807) is 12.1 Å². The zero-order chi connectivity index (χ0) is 11.3. The zero-order valence-corrected chi connectivity index (χ0v) is 10.1. The highest BCUT2D eigenvalue weighted by molar-refractivity contribution is 9.10. The predicted molar refractivity (Wildman–Crippen MR) is 60.3 cm³/mol. The lowest BCUT2D eigenvalue weighted by Crippen LogP contribution is -2.18. The maximum atomic E-state index is 12.9. The van der Waals surface area contributed by atoms with Gasteiger partial charge >= 0.3 is 0 Å². The average molecular weight is 277 g/mol. The van der Waals surface area contributed by atoms with Gasteiger partial charge in [-0.3, -0.25) is 0 Å². The van der Waals surface area contributed by atoms with E-state index in [9.17, 15) is 9.50 Å². The van der Waals surface area contributed by atoms with Gasteiger partial charge in [0.25, 0.3) is 0 Å². The monoisotopic (exact) mass is 276 g/mol. The number of hydrogen-bond donors (Lipinski definition) is 1. The first-order chi connectivity index (χ1) is 7.13. The molecule has 0 radical (unpaired) electrons. The molecule has 1 N–H and O–H groups in total. The third-order valence-corrected chi connectivity index (χ3v) is 2.58. The van der Waals surface area contributed by atoms with Crippen molar-refractivity contribution in [1.82, 2.24) is 0 Å².